The molecule has 0 radical (unpaired) electrons. The molecule has 0 atom stereocenters. The van der Waals surface area contributed by atoms with Gasteiger partial charge >= 0.3 is 0 Å². The number of carbonyl (C=O) groups excluding carboxylic acids is 1. The molecule has 3 heterocycles. The molecule has 3 aromatic rings. The molecule has 1 N–H and O–H groups in total. The number of hydrogen-bond donors (Lipinski definition) is 1. The van der Waals surface area contributed by atoms with Gasteiger partial charge in [0.05, 0.1) is 10.7 Å². The van der Waals surface area contributed by atoms with E-state index in [1.807, 2.05) is 41.1 Å². The van der Waals surface area contributed by atoms with Gasteiger partial charge < -0.3 is 5.32 Å². The zero-order valence-corrected chi connectivity index (χ0v) is 12.9. The van der Waals surface area contributed by atoms with Crippen LogP contribution in [0.3, 0.4) is 0 Å². The molecule has 0 unspecified atom stereocenters. The number of fused-ring (bicyclic) bond motifs is 1. The second-order valence-corrected chi connectivity index (χ2v) is 5.77. The molecule has 112 valence electrons. The van der Waals surface area contributed by atoms with E-state index in [9.17, 15) is 4.79 Å². The third-order valence-corrected chi connectivity index (χ3v) is 3.87. The summed E-state index contributed by atoms with van der Waals surface area (Å²) in [6, 6.07) is 5.74. The minimum absolute atomic E-state index is 0.139. The second-order valence-electron chi connectivity index (χ2n) is 4.71. The Kier molecular flexibility index (Phi) is 4.24. The van der Waals surface area contributed by atoms with E-state index >= 15 is 0 Å². The fraction of sp³-hybridized carbons (Fsp3) is 0.200. The Bertz CT molecular complexity index is 820. The first-order chi connectivity index (χ1) is 10.7. The lowest BCUT2D eigenvalue weighted by molar-refractivity contribution is -0.116. The molecule has 0 aliphatic heterocycles. The molecule has 3 aromatic heterocycles. The Morgan fingerprint density at radius 1 is 1.41 bits per heavy atom. The fourth-order valence-electron chi connectivity index (χ4n) is 2.04. The fourth-order valence-corrected chi connectivity index (χ4v) is 2.62. The molecule has 3 rings (SSSR count). The van der Waals surface area contributed by atoms with Gasteiger partial charge in [0.15, 0.2) is 5.65 Å². The molecule has 6 nitrogen and oxygen atoms in total. The zero-order valence-electron chi connectivity index (χ0n) is 12.1. The molecule has 22 heavy (non-hydrogen) atoms. The molecule has 0 aliphatic carbocycles. The monoisotopic (exact) mass is 313 g/mol. The van der Waals surface area contributed by atoms with Crippen molar-refractivity contribution in [2.75, 3.05) is 6.54 Å². The van der Waals surface area contributed by atoms with Gasteiger partial charge in [-0.1, -0.05) is 6.07 Å². The topological polar surface area (TPSA) is 72.2 Å². The molecule has 0 spiro atoms. The van der Waals surface area contributed by atoms with E-state index in [4.69, 9.17) is 0 Å². The van der Waals surface area contributed by atoms with Crippen LogP contribution < -0.4 is 5.32 Å². The normalized spacial score (nSPS) is 11.3. The van der Waals surface area contributed by atoms with Crippen LogP contribution in [0, 0.1) is 6.92 Å². The van der Waals surface area contributed by atoms with Gasteiger partial charge in [0.1, 0.15) is 5.82 Å². The van der Waals surface area contributed by atoms with E-state index in [0.717, 1.165) is 22.2 Å². The van der Waals surface area contributed by atoms with Gasteiger partial charge in [-0.3, -0.25) is 9.20 Å². The first-order valence-electron chi connectivity index (χ1n) is 6.89. The van der Waals surface area contributed by atoms with Gasteiger partial charge in [-0.2, -0.15) is 0 Å². The van der Waals surface area contributed by atoms with Crippen molar-refractivity contribution in [3.8, 4) is 0 Å². The largest absolute Gasteiger partial charge is 0.352 e. The van der Waals surface area contributed by atoms with E-state index < -0.39 is 0 Å². The summed E-state index contributed by atoms with van der Waals surface area (Å²) in [5, 5.41) is 13.9. The van der Waals surface area contributed by atoms with Crippen LogP contribution in [-0.4, -0.2) is 32.0 Å². The van der Waals surface area contributed by atoms with Crippen LogP contribution in [0.5, 0.6) is 0 Å². The van der Waals surface area contributed by atoms with E-state index in [0.29, 0.717) is 13.0 Å². The molecule has 0 saturated heterocycles. The minimum atomic E-state index is -0.139. The number of amides is 1. The van der Waals surface area contributed by atoms with Crippen molar-refractivity contribution in [3.63, 3.8) is 0 Å². The van der Waals surface area contributed by atoms with Gasteiger partial charge in [-0.05, 0) is 25.1 Å². The average molecular weight is 313 g/mol. The summed E-state index contributed by atoms with van der Waals surface area (Å²) in [6.07, 6.45) is 5.75. The molecule has 0 fully saturated rings. The number of pyridine rings is 1. The summed E-state index contributed by atoms with van der Waals surface area (Å²) in [5.41, 5.74) is 1.61. The van der Waals surface area contributed by atoms with Crippen molar-refractivity contribution < 1.29 is 4.79 Å². The van der Waals surface area contributed by atoms with E-state index in [1.54, 1.807) is 17.4 Å². The Hall–Kier alpha value is -2.54. The van der Waals surface area contributed by atoms with Crippen molar-refractivity contribution in [1.82, 2.24) is 24.9 Å². The highest BCUT2D eigenvalue weighted by molar-refractivity contribution is 7.09. The summed E-state index contributed by atoms with van der Waals surface area (Å²) >= 11 is 1.56. The number of carbonyl (C=O) groups is 1. The summed E-state index contributed by atoms with van der Waals surface area (Å²) in [5.74, 6) is 0.689. The Morgan fingerprint density at radius 3 is 3.14 bits per heavy atom. The van der Waals surface area contributed by atoms with Crippen LogP contribution in [0.25, 0.3) is 11.7 Å². The Labute approximate surface area is 131 Å². The predicted molar refractivity (Wildman–Crippen MR) is 85.6 cm³/mol. The maximum atomic E-state index is 11.8. The van der Waals surface area contributed by atoms with Gasteiger partial charge in [0.2, 0.25) is 5.91 Å². The molecule has 0 aromatic carbocycles. The van der Waals surface area contributed by atoms with Crippen molar-refractivity contribution in [3.05, 3.63) is 52.4 Å². The van der Waals surface area contributed by atoms with Crippen molar-refractivity contribution in [1.29, 1.82) is 0 Å². The van der Waals surface area contributed by atoms with Crippen LogP contribution in [-0.2, 0) is 11.2 Å². The number of rotatable bonds is 5. The lowest BCUT2D eigenvalue weighted by Crippen LogP contribution is -2.24. The number of thiazole rings is 1. The number of hydrogen-bond acceptors (Lipinski definition) is 5. The molecular weight excluding hydrogens is 298 g/mol. The highest BCUT2D eigenvalue weighted by Gasteiger charge is 2.04. The third-order valence-electron chi connectivity index (χ3n) is 3.07. The maximum Gasteiger partial charge on any atom is 0.244 e. The Morgan fingerprint density at radius 2 is 2.32 bits per heavy atom. The minimum Gasteiger partial charge on any atom is -0.352 e. The highest BCUT2D eigenvalue weighted by atomic mass is 32.1. The quantitative estimate of drug-likeness (QED) is 0.730. The SMILES string of the molecule is Cc1nc(/C=C/C(=O)NCCc2nnc3ccccn23)cs1. The zero-order chi connectivity index (χ0) is 15.4. The van der Waals surface area contributed by atoms with E-state index in [2.05, 4.69) is 20.5 Å². The van der Waals surface area contributed by atoms with Crippen LogP contribution in [0.4, 0.5) is 0 Å². The van der Waals surface area contributed by atoms with Gasteiger partial charge in [-0.25, -0.2) is 4.98 Å². The first-order valence-corrected chi connectivity index (χ1v) is 7.77. The average Bonchev–Trinajstić information content (AvgIpc) is 3.12. The van der Waals surface area contributed by atoms with Crippen LogP contribution in [0.15, 0.2) is 35.9 Å². The number of aryl methyl sites for hydroxylation is 1. The molecule has 0 bridgehead atoms. The molecule has 1 amide bonds. The standard InChI is InChI=1S/C15H15N5OS/c1-11-17-12(10-22-11)5-6-15(21)16-8-7-14-19-18-13-4-2-3-9-20(13)14/h2-6,9-10H,7-8H2,1H3,(H,16,21)/b6-5+. The summed E-state index contributed by atoms with van der Waals surface area (Å²) in [4.78, 5) is 16.0. The molecule has 0 aliphatic rings. The molecule has 7 heteroatoms. The molecule has 0 saturated carbocycles. The van der Waals surface area contributed by atoms with Crippen molar-refractivity contribution in [2.45, 2.75) is 13.3 Å². The maximum absolute atomic E-state index is 11.8. The van der Waals surface area contributed by atoms with Crippen LogP contribution >= 0.6 is 11.3 Å². The third kappa shape index (κ3) is 3.37. The summed E-state index contributed by atoms with van der Waals surface area (Å²) in [6.45, 7) is 2.44. The van der Waals surface area contributed by atoms with Gasteiger partial charge in [0, 0.05) is 30.6 Å². The lowest BCUT2D eigenvalue weighted by Gasteiger charge is -2.01. The number of nitrogens with one attached hydrogen (secondary N) is 1. The van der Waals surface area contributed by atoms with Crippen molar-refractivity contribution >= 4 is 29.0 Å². The summed E-state index contributed by atoms with van der Waals surface area (Å²) in [7, 11) is 0. The number of aromatic nitrogens is 4. The first kappa shape index (κ1) is 14.4. The van der Waals surface area contributed by atoms with Crippen LogP contribution in [0.1, 0.15) is 16.5 Å². The lowest BCUT2D eigenvalue weighted by atomic mass is 10.3. The van der Waals surface area contributed by atoms with Crippen LogP contribution in [0.2, 0.25) is 0 Å². The molecular formula is C15H15N5OS. The van der Waals surface area contributed by atoms with Gasteiger partial charge in [0.25, 0.3) is 0 Å². The Balaban J connectivity index is 1.52. The van der Waals surface area contributed by atoms with Gasteiger partial charge in [-0.15, -0.1) is 21.5 Å². The van der Waals surface area contributed by atoms with E-state index in [1.165, 1.54) is 6.08 Å². The predicted octanol–water partition coefficient (Wildman–Crippen LogP) is 1.87. The highest BCUT2D eigenvalue weighted by Crippen LogP contribution is 2.09. The second kappa shape index (κ2) is 6.48. The van der Waals surface area contributed by atoms with Crippen molar-refractivity contribution in [2.24, 2.45) is 0 Å². The van der Waals surface area contributed by atoms with E-state index in [-0.39, 0.29) is 5.91 Å². The summed E-state index contributed by atoms with van der Waals surface area (Å²) < 4.78 is 1.92. The smallest absolute Gasteiger partial charge is 0.244 e. The number of nitrogens with zero attached hydrogens (tertiary/aromatic N) is 4.